The van der Waals surface area contributed by atoms with E-state index >= 15 is 0 Å². The molecule has 4 heterocycles. The summed E-state index contributed by atoms with van der Waals surface area (Å²) in [5, 5.41) is 2.25. The molecule has 358 valence electrons. The Bertz CT molecular complexity index is 3270. The van der Waals surface area contributed by atoms with Gasteiger partial charge in [-0.1, -0.05) is 164 Å². The van der Waals surface area contributed by atoms with Gasteiger partial charge in [0.2, 0.25) is 11.4 Å². The fourth-order valence-corrected chi connectivity index (χ4v) is 10.6. The number of rotatable bonds is 9. The molecular weight excluding hydrogens is 1020 g/mol. The SMILES string of the molecule is CC(C)c1cc(C(C)C)c(-c2ccnc(-n3c4[c-]c(Oc5[c-]c([N+]67[CH-][N@+]6(c6cccc(C(C)(C)C)c6)c6cc(C(C)(C)C)ccc67)cc(C(C)(C)C)c5)ccc4c4ccccc43)c2)c(C(C)C)c1.[Pt]. The maximum absolute atomic E-state index is 7.02. The summed E-state index contributed by atoms with van der Waals surface area (Å²) in [6.45, 7) is 36.9. The molecule has 1 fully saturated rings. The van der Waals surface area contributed by atoms with Crippen LogP contribution < -0.4 is 13.9 Å². The molecule has 6 heteroatoms. The maximum Gasteiger partial charge on any atom is 0.225 e. The van der Waals surface area contributed by atoms with E-state index in [0.717, 1.165) is 33.3 Å². The van der Waals surface area contributed by atoms with Gasteiger partial charge in [0.25, 0.3) is 0 Å². The fourth-order valence-electron chi connectivity index (χ4n) is 10.6. The van der Waals surface area contributed by atoms with E-state index in [9.17, 15) is 0 Å². The summed E-state index contributed by atoms with van der Waals surface area (Å²) in [4.78, 5) is 5.09. The van der Waals surface area contributed by atoms with Gasteiger partial charge in [-0.05, 0) is 96.5 Å². The molecule has 0 radical (unpaired) electrons. The Hall–Kier alpha value is -5.32. The van der Waals surface area contributed by atoms with E-state index in [2.05, 4.69) is 242 Å². The first kappa shape index (κ1) is 48.7. The molecule has 6 aromatic carbocycles. The Balaban J connectivity index is 0.00000593. The van der Waals surface area contributed by atoms with Gasteiger partial charge in [-0.25, -0.2) is 9.58 Å². The second kappa shape index (κ2) is 16.9. The van der Waals surface area contributed by atoms with Gasteiger partial charge in [0, 0.05) is 68.5 Å². The normalized spacial score (nSPS) is 17.8. The quantitative estimate of drug-likeness (QED) is 0.0818. The van der Waals surface area contributed by atoms with E-state index in [0.29, 0.717) is 38.4 Å². The summed E-state index contributed by atoms with van der Waals surface area (Å²) < 4.78 is 10.4. The van der Waals surface area contributed by atoms with Gasteiger partial charge in [-0.15, -0.1) is 35.2 Å². The Morgan fingerprint density at radius 2 is 1.23 bits per heavy atom. The zero-order valence-electron chi connectivity index (χ0n) is 43.4. The standard InChI is InChI=1S/C63H69N4O.Pt/c1-39(2)43-29-53(40(3)4)60(54(30-43)41(5)6)42-27-28-64-59(31-42)65-55-22-17-16-21-51(55)52-25-24-49(37-56(52)65)68-50-34-46(63(13,14)15)33-48(36-50)67-38-66(67,47-20-18-19-44(32-47)61(7,8)9)58-35-45(62(10,11)12)23-26-57(58)67;/h16-35,38-41H,1-15H3;/q-1;/t66-,67?;/m0./s1. The molecule has 0 bridgehead atoms. The zero-order valence-corrected chi connectivity index (χ0v) is 45.6. The van der Waals surface area contributed by atoms with Crippen LogP contribution in [-0.2, 0) is 37.3 Å². The number of benzene rings is 6. The topological polar surface area (TPSA) is 27.1 Å². The molecule has 0 aliphatic carbocycles. The summed E-state index contributed by atoms with van der Waals surface area (Å²) in [5.41, 5.74) is 17.3. The molecule has 1 saturated heterocycles. The molecule has 10 rings (SSSR count). The minimum atomic E-state index is -0.154. The average Bonchev–Trinajstić information content (AvgIpc) is 3.78. The summed E-state index contributed by atoms with van der Waals surface area (Å²) in [7, 11) is 0. The Morgan fingerprint density at radius 1 is 0.565 bits per heavy atom. The first-order chi connectivity index (χ1) is 32.0. The van der Waals surface area contributed by atoms with E-state index in [1.54, 1.807) is 0 Å². The van der Waals surface area contributed by atoms with Gasteiger partial charge in [0.1, 0.15) is 5.82 Å². The van der Waals surface area contributed by atoms with Gasteiger partial charge < -0.3 is 9.30 Å². The molecule has 2 aromatic heterocycles. The van der Waals surface area contributed by atoms with E-state index in [4.69, 9.17) is 9.72 Å². The molecule has 8 aromatic rings. The van der Waals surface area contributed by atoms with Gasteiger partial charge in [-0.2, -0.15) is 10.7 Å². The Morgan fingerprint density at radius 3 is 1.88 bits per heavy atom. The number of ether oxygens (including phenoxy) is 1. The minimum absolute atomic E-state index is 0. The van der Waals surface area contributed by atoms with E-state index < -0.39 is 0 Å². The third kappa shape index (κ3) is 7.92. The van der Waals surface area contributed by atoms with Crippen LogP contribution in [0.25, 0.3) is 38.8 Å². The zero-order chi connectivity index (χ0) is 48.5. The van der Waals surface area contributed by atoms with E-state index in [1.165, 1.54) is 61.6 Å². The van der Waals surface area contributed by atoms with Crippen LogP contribution in [-0.4, -0.2) is 9.55 Å². The first-order valence-electron chi connectivity index (χ1n) is 24.8. The summed E-state index contributed by atoms with van der Waals surface area (Å²) >= 11 is 0. The van der Waals surface area contributed by atoms with Gasteiger partial charge in [0.05, 0.1) is 5.69 Å². The van der Waals surface area contributed by atoms with Gasteiger partial charge in [0.15, 0.2) is 12.4 Å². The number of pyridine rings is 1. The summed E-state index contributed by atoms with van der Waals surface area (Å²) in [6.07, 6.45) is 1.97. The van der Waals surface area contributed by atoms with Crippen molar-refractivity contribution in [3.8, 4) is 28.4 Å². The van der Waals surface area contributed by atoms with Crippen molar-refractivity contribution in [3.63, 3.8) is 0 Å². The van der Waals surface area contributed by atoms with Crippen molar-refractivity contribution < 1.29 is 25.8 Å². The van der Waals surface area contributed by atoms with Crippen molar-refractivity contribution in [2.75, 3.05) is 0 Å². The molecule has 1 unspecified atom stereocenters. The number of hydrogen-bond acceptors (Lipinski definition) is 2. The van der Waals surface area contributed by atoms with Crippen molar-refractivity contribution >= 4 is 44.6 Å². The number of para-hydroxylation sites is 1. The van der Waals surface area contributed by atoms with Crippen LogP contribution in [0.1, 0.15) is 155 Å². The number of quaternary nitrogens is 2. The second-order valence-corrected chi connectivity index (χ2v) is 23.6. The van der Waals surface area contributed by atoms with E-state index in [-0.39, 0.29) is 37.3 Å². The van der Waals surface area contributed by atoms with Crippen LogP contribution in [0.2, 0.25) is 0 Å². The third-order valence-electron chi connectivity index (χ3n) is 14.7. The molecule has 0 N–H and O–H groups in total. The predicted molar refractivity (Wildman–Crippen MR) is 287 cm³/mol. The monoisotopic (exact) mass is 1090 g/mol. The Kier molecular flexibility index (Phi) is 11.9. The van der Waals surface area contributed by atoms with Crippen molar-refractivity contribution in [1.29, 1.82) is 0 Å². The first-order valence-corrected chi connectivity index (χ1v) is 24.8. The van der Waals surface area contributed by atoms with Crippen molar-refractivity contribution in [1.82, 2.24) is 18.7 Å². The smallest absolute Gasteiger partial charge is 0.225 e. The molecule has 69 heavy (non-hydrogen) atoms. The van der Waals surface area contributed by atoms with Crippen LogP contribution in [0.5, 0.6) is 11.5 Å². The van der Waals surface area contributed by atoms with Gasteiger partial charge >= 0.3 is 0 Å². The third-order valence-corrected chi connectivity index (χ3v) is 14.7. The van der Waals surface area contributed by atoms with Crippen LogP contribution in [0.4, 0.5) is 22.7 Å². The van der Waals surface area contributed by atoms with E-state index in [1.807, 2.05) is 6.20 Å². The molecular formula is C63H69N4OPt-. The van der Waals surface area contributed by atoms with Crippen molar-refractivity contribution in [2.24, 2.45) is 0 Å². The average molecular weight is 1090 g/mol. The van der Waals surface area contributed by atoms with Crippen LogP contribution in [0, 0.1) is 18.8 Å². The second-order valence-electron chi connectivity index (χ2n) is 23.6. The molecule has 0 saturated carbocycles. The maximum atomic E-state index is 7.02. The van der Waals surface area contributed by atoms with Crippen LogP contribution in [0.15, 0.2) is 121 Å². The van der Waals surface area contributed by atoms with Crippen molar-refractivity contribution in [2.45, 2.75) is 138 Å². The molecule has 0 spiro atoms. The minimum Gasteiger partial charge on any atom is -0.509 e. The summed E-state index contributed by atoms with van der Waals surface area (Å²) in [6, 6.07) is 50.6. The van der Waals surface area contributed by atoms with Crippen LogP contribution in [0.3, 0.4) is 0 Å². The number of fused-ring (bicyclic) bond motifs is 7. The van der Waals surface area contributed by atoms with Crippen LogP contribution >= 0.6 is 0 Å². The molecule has 0 amide bonds. The summed E-state index contributed by atoms with van der Waals surface area (Å²) in [5.74, 6) is 3.33. The number of hydrogen-bond donors (Lipinski definition) is 0. The molecule has 2 aliphatic heterocycles. The number of aromatic nitrogens is 2. The largest absolute Gasteiger partial charge is 0.509 e. The molecule has 5 nitrogen and oxygen atoms in total. The van der Waals surface area contributed by atoms with Crippen molar-refractivity contribution in [3.05, 3.63) is 174 Å². The van der Waals surface area contributed by atoms with Gasteiger partial charge in [-0.3, -0.25) is 0 Å². The number of nitrogens with zero attached hydrogens (tertiary/aromatic N) is 4. The fraction of sp³-hybridized carbons (Fsp3) is 0.333. The molecule has 2 aliphatic rings. The Labute approximate surface area is 426 Å². The predicted octanol–water partition coefficient (Wildman–Crippen LogP) is 17.8. The molecule has 2 atom stereocenters.